The Morgan fingerprint density at radius 3 is 1.49 bits per heavy atom. The highest BCUT2D eigenvalue weighted by molar-refractivity contribution is 7.47. The van der Waals surface area contributed by atoms with Crippen molar-refractivity contribution >= 4 is 19.8 Å². The van der Waals surface area contributed by atoms with E-state index in [4.69, 9.17) is 24.3 Å². The lowest BCUT2D eigenvalue weighted by Gasteiger charge is -2.19. The highest BCUT2D eigenvalue weighted by atomic mass is 31.2. The van der Waals surface area contributed by atoms with Gasteiger partial charge in [-0.1, -0.05) is 171 Å². The lowest BCUT2D eigenvalue weighted by atomic mass is 10.0. The average molecular weight is 794 g/mol. The fourth-order valence-electron chi connectivity index (χ4n) is 5.72. The molecule has 0 aliphatic rings. The molecule has 0 aliphatic carbocycles. The van der Waals surface area contributed by atoms with Gasteiger partial charge in [0, 0.05) is 19.4 Å². The van der Waals surface area contributed by atoms with Crippen LogP contribution in [-0.4, -0.2) is 49.3 Å². The summed E-state index contributed by atoms with van der Waals surface area (Å²) in [5, 5.41) is 0. The number of esters is 2. The van der Waals surface area contributed by atoms with Crippen LogP contribution in [0.25, 0.3) is 0 Å². The Kier molecular flexibility index (Phi) is 39.6. The van der Waals surface area contributed by atoms with E-state index in [0.717, 1.165) is 70.6 Å². The van der Waals surface area contributed by atoms with Gasteiger partial charge in [0.1, 0.15) is 6.61 Å². The number of nitrogens with two attached hydrogens (primary N) is 1. The van der Waals surface area contributed by atoms with Crippen molar-refractivity contribution in [2.75, 3.05) is 26.4 Å². The number of hydrogen-bond acceptors (Lipinski definition) is 8. The molecule has 0 aliphatic heterocycles. The number of carbonyl (C=O) groups is 2. The monoisotopic (exact) mass is 794 g/mol. The largest absolute Gasteiger partial charge is 0.472 e. The molecule has 0 saturated heterocycles. The third-order valence-electron chi connectivity index (χ3n) is 8.92. The number of unbranched alkanes of at least 4 members (excludes halogenated alkanes) is 17. The fraction of sp³-hybridized carbons (Fsp3) is 0.733. The number of phosphoric acid groups is 1. The predicted octanol–water partition coefficient (Wildman–Crippen LogP) is 12.5. The van der Waals surface area contributed by atoms with E-state index in [-0.39, 0.29) is 32.6 Å². The van der Waals surface area contributed by atoms with Gasteiger partial charge < -0.3 is 20.1 Å². The van der Waals surface area contributed by atoms with Gasteiger partial charge in [-0.25, -0.2) is 4.57 Å². The van der Waals surface area contributed by atoms with Crippen LogP contribution in [0.5, 0.6) is 0 Å². The third kappa shape index (κ3) is 41.2. The first-order valence-corrected chi connectivity index (χ1v) is 23.3. The zero-order chi connectivity index (χ0) is 40.3. The van der Waals surface area contributed by atoms with Crippen LogP contribution in [0.4, 0.5) is 0 Å². The van der Waals surface area contributed by atoms with E-state index in [1.54, 1.807) is 0 Å². The number of rotatable bonds is 40. The predicted molar refractivity (Wildman–Crippen MR) is 229 cm³/mol. The van der Waals surface area contributed by atoms with Crippen molar-refractivity contribution in [3.63, 3.8) is 0 Å². The van der Waals surface area contributed by atoms with Crippen molar-refractivity contribution in [2.45, 2.75) is 187 Å². The summed E-state index contributed by atoms with van der Waals surface area (Å²) in [6.07, 6.45) is 48.2. The molecular weight excluding hydrogens is 713 g/mol. The Balaban J connectivity index is 4.21. The highest BCUT2D eigenvalue weighted by Crippen LogP contribution is 2.43. The molecule has 2 atom stereocenters. The Bertz CT molecular complexity index is 1090. The summed E-state index contributed by atoms with van der Waals surface area (Å²) in [5.41, 5.74) is 5.34. The number of hydrogen-bond donors (Lipinski definition) is 2. The minimum absolute atomic E-state index is 0.0471. The summed E-state index contributed by atoms with van der Waals surface area (Å²) in [5.74, 6) is -0.866. The van der Waals surface area contributed by atoms with Gasteiger partial charge >= 0.3 is 19.8 Å². The van der Waals surface area contributed by atoms with Crippen molar-refractivity contribution < 1.29 is 37.6 Å². The van der Waals surface area contributed by atoms with E-state index in [1.807, 2.05) is 0 Å². The van der Waals surface area contributed by atoms with Crippen LogP contribution in [0.15, 0.2) is 60.8 Å². The summed E-state index contributed by atoms with van der Waals surface area (Å²) >= 11 is 0. The molecule has 0 aromatic rings. The second-order valence-corrected chi connectivity index (χ2v) is 15.6. The van der Waals surface area contributed by atoms with Crippen LogP contribution < -0.4 is 5.73 Å². The van der Waals surface area contributed by atoms with E-state index >= 15 is 0 Å². The van der Waals surface area contributed by atoms with E-state index in [9.17, 15) is 19.0 Å². The van der Waals surface area contributed by atoms with Crippen LogP contribution >= 0.6 is 7.82 Å². The summed E-state index contributed by atoms with van der Waals surface area (Å²) in [6, 6.07) is 0. The van der Waals surface area contributed by atoms with E-state index < -0.39 is 32.5 Å². The number of phosphoric ester groups is 1. The molecular formula is C45H80NO8P. The number of allylic oxidation sites excluding steroid dienone is 10. The summed E-state index contributed by atoms with van der Waals surface area (Å²) < 4.78 is 32.8. The molecule has 55 heavy (non-hydrogen) atoms. The molecule has 0 saturated carbocycles. The fourth-order valence-corrected chi connectivity index (χ4v) is 6.48. The summed E-state index contributed by atoms with van der Waals surface area (Å²) in [7, 11) is -4.38. The molecule has 0 heterocycles. The summed E-state index contributed by atoms with van der Waals surface area (Å²) in [4.78, 5) is 34.9. The minimum Gasteiger partial charge on any atom is -0.462 e. The van der Waals surface area contributed by atoms with Crippen LogP contribution in [0.1, 0.15) is 181 Å². The Labute approximate surface area is 336 Å². The number of carbonyl (C=O) groups excluding carboxylic acids is 2. The molecule has 0 spiro atoms. The second-order valence-electron chi connectivity index (χ2n) is 14.2. The van der Waals surface area contributed by atoms with Crippen molar-refractivity contribution in [3.8, 4) is 0 Å². The van der Waals surface area contributed by atoms with E-state index in [1.165, 1.54) is 70.6 Å². The molecule has 0 fully saturated rings. The first-order chi connectivity index (χ1) is 26.8. The smallest absolute Gasteiger partial charge is 0.462 e. The Hall–Kier alpha value is -2.29. The van der Waals surface area contributed by atoms with Gasteiger partial charge in [0.05, 0.1) is 13.2 Å². The molecule has 1 unspecified atom stereocenters. The van der Waals surface area contributed by atoms with Crippen molar-refractivity contribution in [2.24, 2.45) is 5.73 Å². The SMILES string of the molecule is CC/C=C/C/C=C/C/C=C/C/C=C/C/C=C/CCCCCC(=O)OC[C@H](COP(=O)(O)OCCN)OC(=O)CCCCCCCCCCCCCCCCC. The maximum absolute atomic E-state index is 12.6. The maximum atomic E-state index is 12.6. The molecule has 10 heteroatoms. The van der Waals surface area contributed by atoms with Gasteiger partial charge in [0.15, 0.2) is 6.10 Å². The molecule has 0 aromatic heterocycles. The molecule has 0 radical (unpaired) electrons. The van der Waals surface area contributed by atoms with Gasteiger partial charge in [0.25, 0.3) is 0 Å². The molecule has 0 amide bonds. The van der Waals surface area contributed by atoms with E-state index in [0.29, 0.717) is 12.8 Å². The van der Waals surface area contributed by atoms with Gasteiger partial charge in [-0.3, -0.25) is 18.6 Å². The molecule has 0 rings (SSSR count). The summed E-state index contributed by atoms with van der Waals surface area (Å²) in [6.45, 7) is 3.58. The molecule has 318 valence electrons. The Morgan fingerprint density at radius 2 is 1.00 bits per heavy atom. The van der Waals surface area contributed by atoms with Crippen molar-refractivity contribution in [1.82, 2.24) is 0 Å². The van der Waals surface area contributed by atoms with Gasteiger partial charge in [-0.15, -0.1) is 0 Å². The normalized spacial score (nSPS) is 13.9. The lowest BCUT2D eigenvalue weighted by molar-refractivity contribution is -0.161. The standard InChI is InChI=1S/C45H80NO8P/c1-3-5-7-9-11-13-15-17-19-20-21-22-24-25-27-29-31-33-35-37-44(47)51-41-43(42-53-55(49,50)52-40-39-46)54-45(48)38-36-34-32-30-28-26-23-18-16-14-12-10-8-6-4-2/h5,7,11,13,17,19,21-22,25,27,43H,3-4,6,8-10,12,14-16,18,20,23-24,26,28-42,46H2,1-2H3,(H,49,50)/b7-5+,13-11+,19-17+,22-21+,27-25+/t43-/m1/s1. The Morgan fingerprint density at radius 1 is 0.564 bits per heavy atom. The highest BCUT2D eigenvalue weighted by Gasteiger charge is 2.26. The molecule has 0 bridgehead atoms. The average Bonchev–Trinajstić information content (AvgIpc) is 3.17. The number of ether oxygens (including phenoxy) is 2. The third-order valence-corrected chi connectivity index (χ3v) is 9.90. The maximum Gasteiger partial charge on any atom is 0.472 e. The topological polar surface area (TPSA) is 134 Å². The van der Waals surface area contributed by atoms with Crippen molar-refractivity contribution in [3.05, 3.63) is 60.8 Å². The van der Waals surface area contributed by atoms with Crippen LogP contribution in [-0.2, 0) is 32.7 Å². The van der Waals surface area contributed by atoms with E-state index in [2.05, 4.69) is 74.6 Å². The molecule has 3 N–H and O–H groups in total. The minimum atomic E-state index is -4.38. The first-order valence-electron chi connectivity index (χ1n) is 21.8. The molecule has 9 nitrogen and oxygen atoms in total. The van der Waals surface area contributed by atoms with Gasteiger partial charge in [0.2, 0.25) is 0 Å². The van der Waals surface area contributed by atoms with Crippen molar-refractivity contribution in [1.29, 1.82) is 0 Å². The van der Waals surface area contributed by atoms with Gasteiger partial charge in [-0.2, -0.15) is 0 Å². The van der Waals surface area contributed by atoms with Crippen LogP contribution in [0.3, 0.4) is 0 Å². The van der Waals surface area contributed by atoms with Gasteiger partial charge in [-0.05, 0) is 57.8 Å². The van der Waals surface area contributed by atoms with Crippen LogP contribution in [0, 0.1) is 0 Å². The quantitative estimate of drug-likeness (QED) is 0.0269. The first kappa shape index (κ1) is 52.7. The second kappa shape index (κ2) is 41.3. The lowest BCUT2D eigenvalue weighted by Crippen LogP contribution is -2.29. The van der Waals surface area contributed by atoms with Crippen LogP contribution in [0.2, 0.25) is 0 Å². The molecule has 0 aromatic carbocycles. The zero-order valence-corrected chi connectivity index (χ0v) is 35.8. The zero-order valence-electron chi connectivity index (χ0n) is 34.9.